The first-order valence-electron chi connectivity index (χ1n) is 6.08. The van der Waals surface area contributed by atoms with Crippen molar-refractivity contribution in [1.29, 1.82) is 0 Å². The van der Waals surface area contributed by atoms with Crippen molar-refractivity contribution in [3.8, 4) is 5.88 Å². The van der Waals surface area contributed by atoms with Crippen LogP contribution < -0.4 is 10.1 Å². The topological polar surface area (TPSA) is 47.0 Å². The fourth-order valence-corrected chi connectivity index (χ4v) is 1.30. The van der Waals surface area contributed by atoms with Crippen molar-refractivity contribution in [2.24, 2.45) is 5.92 Å². The predicted molar refractivity (Wildman–Crippen MR) is 64.7 cm³/mol. The Labute approximate surface area is 110 Å². The minimum Gasteiger partial charge on any atom is -0.476 e. The van der Waals surface area contributed by atoms with E-state index in [4.69, 9.17) is 4.74 Å². The van der Waals surface area contributed by atoms with Crippen molar-refractivity contribution in [3.05, 3.63) is 18.1 Å². The number of halogens is 3. The van der Waals surface area contributed by atoms with Crippen LogP contribution in [0.15, 0.2) is 12.4 Å². The van der Waals surface area contributed by atoms with Crippen molar-refractivity contribution in [1.82, 2.24) is 15.3 Å². The van der Waals surface area contributed by atoms with Gasteiger partial charge in [0.05, 0.1) is 24.9 Å². The molecule has 0 saturated carbocycles. The van der Waals surface area contributed by atoms with Gasteiger partial charge in [-0.2, -0.15) is 13.2 Å². The maximum atomic E-state index is 12.0. The normalized spacial score (nSPS) is 11.9. The van der Waals surface area contributed by atoms with Crippen molar-refractivity contribution >= 4 is 0 Å². The Kier molecular flexibility index (Phi) is 6.01. The third-order valence-electron chi connectivity index (χ3n) is 2.16. The number of nitrogens with one attached hydrogen (secondary N) is 1. The third-order valence-corrected chi connectivity index (χ3v) is 2.16. The molecule has 1 heterocycles. The van der Waals surface area contributed by atoms with E-state index in [1.54, 1.807) is 6.20 Å². The lowest BCUT2D eigenvalue weighted by Gasteiger charge is -2.09. The van der Waals surface area contributed by atoms with Gasteiger partial charge in [-0.1, -0.05) is 13.8 Å². The van der Waals surface area contributed by atoms with E-state index in [1.165, 1.54) is 6.20 Å². The highest BCUT2D eigenvalue weighted by molar-refractivity contribution is 5.08. The number of alkyl halides is 3. The van der Waals surface area contributed by atoms with Crippen molar-refractivity contribution < 1.29 is 17.9 Å². The summed E-state index contributed by atoms with van der Waals surface area (Å²) < 4.78 is 40.8. The minimum atomic E-state index is -4.22. The van der Waals surface area contributed by atoms with Crippen LogP contribution in [0.4, 0.5) is 13.2 Å². The lowest BCUT2D eigenvalue weighted by atomic mass is 10.2. The van der Waals surface area contributed by atoms with Gasteiger partial charge in [0.2, 0.25) is 5.88 Å². The maximum absolute atomic E-state index is 12.0. The van der Waals surface area contributed by atoms with Crippen LogP contribution in [-0.2, 0) is 6.54 Å². The molecule has 0 fully saturated rings. The summed E-state index contributed by atoms with van der Waals surface area (Å²) >= 11 is 0. The Bertz CT molecular complexity index is 383. The highest BCUT2D eigenvalue weighted by Crippen LogP contribution is 2.19. The van der Waals surface area contributed by atoms with Crippen LogP contribution in [0.2, 0.25) is 0 Å². The van der Waals surface area contributed by atoms with Crippen LogP contribution in [-0.4, -0.2) is 29.3 Å². The van der Waals surface area contributed by atoms with E-state index in [0.717, 1.165) is 6.54 Å². The van der Waals surface area contributed by atoms with Crippen LogP contribution in [0.25, 0.3) is 0 Å². The molecule has 0 saturated heterocycles. The lowest BCUT2D eigenvalue weighted by molar-refractivity contribution is -0.139. The van der Waals surface area contributed by atoms with Gasteiger partial charge in [-0.3, -0.25) is 4.98 Å². The summed E-state index contributed by atoms with van der Waals surface area (Å²) in [5.41, 5.74) is 0.644. The zero-order valence-corrected chi connectivity index (χ0v) is 11.0. The predicted octanol–water partition coefficient (Wildman–Crippen LogP) is 2.55. The number of aromatic nitrogens is 2. The molecule has 0 aliphatic rings. The van der Waals surface area contributed by atoms with E-state index in [2.05, 4.69) is 29.1 Å². The second kappa shape index (κ2) is 7.28. The number of hydrogen-bond acceptors (Lipinski definition) is 4. The molecule has 0 aromatic carbocycles. The molecule has 108 valence electrons. The molecule has 0 unspecified atom stereocenters. The van der Waals surface area contributed by atoms with Crippen molar-refractivity contribution in [2.45, 2.75) is 33.0 Å². The summed E-state index contributed by atoms with van der Waals surface area (Å²) in [6, 6.07) is 0. The molecule has 4 nitrogen and oxygen atoms in total. The number of hydrogen-bond donors (Lipinski definition) is 1. The molecule has 0 aliphatic carbocycles. The Morgan fingerprint density at radius 3 is 2.68 bits per heavy atom. The van der Waals surface area contributed by atoms with Gasteiger partial charge in [-0.05, 0) is 12.5 Å². The van der Waals surface area contributed by atoms with E-state index >= 15 is 0 Å². The average Bonchev–Trinajstić information content (AvgIpc) is 2.27. The molecular formula is C12H18F3N3O. The Balaban J connectivity index is 2.39. The first-order chi connectivity index (χ1) is 8.87. The quantitative estimate of drug-likeness (QED) is 0.832. The SMILES string of the molecule is CC(C)CNCc1cncc(OCCC(F)(F)F)n1. The Morgan fingerprint density at radius 1 is 1.32 bits per heavy atom. The molecule has 0 atom stereocenters. The Morgan fingerprint density at radius 2 is 2.05 bits per heavy atom. The van der Waals surface area contributed by atoms with Gasteiger partial charge in [0.25, 0.3) is 0 Å². The number of nitrogens with zero attached hydrogens (tertiary/aromatic N) is 2. The molecule has 1 rings (SSSR count). The first-order valence-corrected chi connectivity index (χ1v) is 6.08. The summed E-state index contributed by atoms with van der Waals surface area (Å²) in [5, 5.41) is 3.17. The summed E-state index contributed by atoms with van der Waals surface area (Å²) in [6.07, 6.45) is -2.35. The fraction of sp³-hybridized carbons (Fsp3) is 0.667. The van der Waals surface area contributed by atoms with E-state index in [-0.39, 0.29) is 5.88 Å². The van der Waals surface area contributed by atoms with Gasteiger partial charge >= 0.3 is 6.18 Å². The molecule has 1 N–H and O–H groups in total. The van der Waals surface area contributed by atoms with Gasteiger partial charge in [0.1, 0.15) is 0 Å². The van der Waals surface area contributed by atoms with Crippen LogP contribution in [0.3, 0.4) is 0 Å². The molecule has 0 bridgehead atoms. The molecule has 1 aromatic rings. The summed E-state index contributed by atoms with van der Waals surface area (Å²) in [6.45, 7) is 5.06. The van der Waals surface area contributed by atoms with Crippen LogP contribution >= 0.6 is 0 Å². The zero-order valence-electron chi connectivity index (χ0n) is 11.0. The molecule has 19 heavy (non-hydrogen) atoms. The zero-order chi connectivity index (χ0) is 14.3. The largest absolute Gasteiger partial charge is 0.476 e. The van der Waals surface area contributed by atoms with Gasteiger partial charge in [-0.15, -0.1) is 0 Å². The average molecular weight is 277 g/mol. The molecule has 0 amide bonds. The van der Waals surface area contributed by atoms with Crippen molar-refractivity contribution in [3.63, 3.8) is 0 Å². The third kappa shape index (κ3) is 7.61. The van der Waals surface area contributed by atoms with Crippen LogP contribution in [0.1, 0.15) is 26.0 Å². The van der Waals surface area contributed by atoms with Crippen molar-refractivity contribution in [2.75, 3.05) is 13.2 Å². The second-order valence-corrected chi connectivity index (χ2v) is 4.59. The van der Waals surface area contributed by atoms with E-state index in [1.807, 2.05) is 0 Å². The highest BCUT2D eigenvalue weighted by Gasteiger charge is 2.26. The van der Waals surface area contributed by atoms with E-state index in [0.29, 0.717) is 18.2 Å². The Hall–Kier alpha value is -1.37. The summed E-state index contributed by atoms with van der Waals surface area (Å²) in [5.74, 6) is 0.632. The fourth-order valence-electron chi connectivity index (χ4n) is 1.30. The monoisotopic (exact) mass is 277 g/mol. The highest BCUT2D eigenvalue weighted by atomic mass is 19.4. The van der Waals surface area contributed by atoms with Gasteiger partial charge in [-0.25, -0.2) is 4.98 Å². The summed E-state index contributed by atoms with van der Waals surface area (Å²) in [4.78, 5) is 7.96. The lowest BCUT2D eigenvalue weighted by Crippen LogP contribution is -2.20. The number of rotatable bonds is 7. The van der Waals surface area contributed by atoms with Crippen LogP contribution in [0, 0.1) is 5.92 Å². The van der Waals surface area contributed by atoms with Gasteiger partial charge < -0.3 is 10.1 Å². The molecule has 7 heteroatoms. The standard InChI is InChI=1S/C12H18F3N3O/c1-9(2)5-16-6-10-7-17-8-11(18-10)19-4-3-12(13,14)15/h7-9,16H,3-6H2,1-2H3. The molecule has 1 aromatic heterocycles. The molecule has 0 radical (unpaired) electrons. The van der Waals surface area contributed by atoms with Crippen LogP contribution in [0.5, 0.6) is 5.88 Å². The molecular weight excluding hydrogens is 259 g/mol. The molecule has 0 spiro atoms. The molecule has 0 aliphatic heterocycles. The first kappa shape index (κ1) is 15.7. The number of ether oxygens (including phenoxy) is 1. The van der Waals surface area contributed by atoms with E-state index < -0.39 is 19.2 Å². The van der Waals surface area contributed by atoms with E-state index in [9.17, 15) is 13.2 Å². The smallest absolute Gasteiger partial charge is 0.392 e. The second-order valence-electron chi connectivity index (χ2n) is 4.59. The maximum Gasteiger partial charge on any atom is 0.392 e. The summed E-state index contributed by atoms with van der Waals surface area (Å²) in [7, 11) is 0. The van der Waals surface area contributed by atoms with Gasteiger partial charge in [0.15, 0.2) is 0 Å². The minimum absolute atomic E-state index is 0.119. The van der Waals surface area contributed by atoms with Gasteiger partial charge in [0, 0.05) is 12.7 Å².